The van der Waals surface area contributed by atoms with Crippen molar-refractivity contribution in [2.24, 2.45) is 0 Å². The fourth-order valence-corrected chi connectivity index (χ4v) is 3.68. The van der Waals surface area contributed by atoms with Crippen LogP contribution < -0.4 is 10.2 Å². The highest BCUT2D eigenvalue weighted by molar-refractivity contribution is 6.39. The average molecular weight is 363 g/mol. The summed E-state index contributed by atoms with van der Waals surface area (Å²) in [6, 6.07) is 13.1. The van der Waals surface area contributed by atoms with Crippen LogP contribution in [0.3, 0.4) is 0 Å². The number of anilines is 1. The van der Waals surface area contributed by atoms with Gasteiger partial charge in [0.05, 0.1) is 21.7 Å². The Morgan fingerprint density at radius 1 is 1.08 bits per heavy atom. The van der Waals surface area contributed by atoms with Crippen LogP contribution in [0.2, 0.25) is 10.0 Å². The SMILES string of the molecule is CC(C)(C)N1CC(NC(=O)c2c(Cl)cccc2Cl)c2ccccc21. The van der Waals surface area contributed by atoms with E-state index < -0.39 is 0 Å². The summed E-state index contributed by atoms with van der Waals surface area (Å²) in [4.78, 5) is 15.0. The van der Waals surface area contributed by atoms with Gasteiger partial charge in [0, 0.05) is 17.8 Å². The molecule has 5 heteroatoms. The monoisotopic (exact) mass is 362 g/mol. The number of carbonyl (C=O) groups is 1. The molecule has 0 aliphatic carbocycles. The van der Waals surface area contributed by atoms with Crippen LogP contribution in [0.25, 0.3) is 0 Å². The van der Waals surface area contributed by atoms with Gasteiger partial charge in [-0.15, -0.1) is 0 Å². The molecule has 1 N–H and O–H groups in total. The van der Waals surface area contributed by atoms with Crippen LogP contribution >= 0.6 is 23.2 Å². The van der Waals surface area contributed by atoms with E-state index in [9.17, 15) is 4.79 Å². The number of fused-ring (bicyclic) bond motifs is 1. The molecule has 0 spiro atoms. The van der Waals surface area contributed by atoms with Crippen LogP contribution in [0.1, 0.15) is 42.7 Å². The summed E-state index contributed by atoms with van der Waals surface area (Å²) in [5, 5.41) is 3.81. The van der Waals surface area contributed by atoms with E-state index in [1.165, 1.54) is 0 Å². The molecule has 1 aliphatic rings. The highest BCUT2D eigenvalue weighted by Crippen LogP contribution is 2.39. The molecule has 0 saturated heterocycles. The zero-order valence-electron chi connectivity index (χ0n) is 13.9. The largest absolute Gasteiger partial charge is 0.364 e. The minimum atomic E-state index is -0.249. The molecular weight excluding hydrogens is 343 g/mol. The van der Waals surface area contributed by atoms with E-state index in [-0.39, 0.29) is 17.5 Å². The molecule has 1 amide bonds. The summed E-state index contributed by atoms with van der Waals surface area (Å²) >= 11 is 12.3. The van der Waals surface area contributed by atoms with Gasteiger partial charge in [-0.05, 0) is 44.5 Å². The third kappa shape index (κ3) is 3.11. The van der Waals surface area contributed by atoms with Crippen molar-refractivity contribution in [2.45, 2.75) is 32.4 Å². The Labute approximate surface area is 152 Å². The number of nitrogens with zero attached hydrogens (tertiary/aromatic N) is 1. The maximum atomic E-state index is 12.7. The van der Waals surface area contributed by atoms with Crippen LogP contribution in [0.4, 0.5) is 5.69 Å². The second-order valence-corrected chi connectivity index (χ2v) is 7.78. The molecule has 1 atom stereocenters. The first-order valence-electron chi connectivity index (χ1n) is 7.90. The zero-order chi connectivity index (χ0) is 17.5. The van der Waals surface area contributed by atoms with Crippen molar-refractivity contribution < 1.29 is 4.79 Å². The second-order valence-electron chi connectivity index (χ2n) is 6.96. The Bertz CT molecular complexity index is 763. The summed E-state index contributed by atoms with van der Waals surface area (Å²) in [5.74, 6) is -0.249. The Hall–Kier alpha value is -1.71. The van der Waals surface area contributed by atoms with Crippen LogP contribution in [-0.4, -0.2) is 18.0 Å². The minimum Gasteiger partial charge on any atom is -0.364 e. The van der Waals surface area contributed by atoms with Crippen LogP contribution in [0.5, 0.6) is 0 Å². The number of nitrogens with one attached hydrogen (secondary N) is 1. The molecular formula is C19H20Cl2N2O. The molecule has 3 rings (SSSR count). The van der Waals surface area contributed by atoms with Gasteiger partial charge in [0.1, 0.15) is 0 Å². The molecule has 126 valence electrons. The van der Waals surface area contributed by atoms with Crippen molar-refractivity contribution in [1.82, 2.24) is 5.32 Å². The first-order chi connectivity index (χ1) is 11.3. The summed E-state index contributed by atoms with van der Waals surface area (Å²) in [7, 11) is 0. The van der Waals surface area contributed by atoms with Crippen molar-refractivity contribution in [3.63, 3.8) is 0 Å². The van der Waals surface area contributed by atoms with E-state index in [4.69, 9.17) is 23.2 Å². The third-order valence-electron chi connectivity index (χ3n) is 4.27. The van der Waals surface area contributed by atoms with Gasteiger partial charge < -0.3 is 10.2 Å². The van der Waals surface area contributed by atoms with Crippen LogP contribution in [-0.2, 0) is 0 Å². The van der Waals surface area contributed by atoms with Crippen LogP contribution in [0, 0.1) is 0 Å². The maximum absolute atomic E-state index is 12.7. The zero-order valence-corrected chi connectivity index (χ0v) is 15.4. The molecule has 1 aliphatic heterocycles. The fourth-order valence-electron chi connectivity index (χ4n) is 3.11. The fraction of sp³-hybridized carbons (Fsp3) is 0.316. The minimum absolute atomic E-state index is 0.0301. The number of benzene rings is 2. The van der Waals surface area contributed by atoms with Crippen LogP contribution in [0.15, 0.2) is 42.5 Å². The van der Waals surface area contributed by atoms with E-state index in [0.29, 0.717) is 15.6 Å². The van der Waals surface area contributed by atoms with E-state index in [2.05, 4.69) is 43.1 Å². The second kappa shape index (κ2) is 6.30. The predicted octanol–water partition coefficient (Wildman–Crippen LogP) is 5.08. The van der Waals surface area contributed by atoms with Crippen molar-refractivity contribution in [3.05, 3.63) is 63.6 Å². The van der Waals surface area contributed by atoms with Crippen molar-refractivity contribution in [3.8, 4) is 0 Å². The number of hydrogen-bond donors (Lipinski definition) is 1. The quantitative estimate of drug-likeness (QED) is 0.807. The molecule has 0 bridgehead atoms. The number of amides is 1. The summed E-state index contributed by atoms with van der Waals surface area (Å²) < 4.78 is 0. The third-order valence-corrected chi connectivity index (χ3v) is 4.90. The van der Waals surface area contributed by atoms with E-state index in [1.807, 2.05) is 12.1 Å². The van der Waals surface area contributed by atoms with Gasteiger partial charge in [-0.1, -0.05) is 47.5 Å². The summed E-state index contributed by atoms with van der Waals surface area (Å²) in [5.41, 5.74) is 2.56. The topological polar surface area (TPSA) is 32.3 Å². The Morgan fingerprint density at radius 2 is 1.71 bits per heavy atom. The lowest BCUT2D eigenvalue weighted by Gasteiger charge is -2.34. The van der Waals surface area contributed by atoms with Gasteiger partial charge in [-0.3, -0.25) is 4.79 Å². The smallest absolute Gasteiger partial charge is 0.254 e. The van der Waals surface area contributed by atoms with Crippen molar-refractivity contribution in [1.29, 1.82) is 0 Å². The lowest BCUT2D eigenvalue weighted by Crippen LogP contribution is -2.42. The Balaban J connectivity index is 1.90. The molecule has 0 saturated carbocycles. The molecule has 3 nitrogen and oxygen atoms in total. The Morgan fingerprint density at radius 3 is 2.33 bits per heavy atom. The van der Waals surface area contributed by atoms with Crippen molar-refractivity contribution in [2.75, 3.05) is 11.4 Å². The van der Waals surface area contributed by atoms with Gasteiger partial charge in [0.2, 0.25) is 0 Å². The molecule has 1 unspecified atom stereocenters. The molecule has 24 heavy (non-hydrogen) atoms. The standard InChI is InChI=1S/C19H20Cl2N2O/c1-19(2,3)23-11-15(12-7-4-5-10-16(12)23)22-18(24)17-13(20)8-6-9-14(17)21/h4-10,15H,11H2,1-3H3,(H,22,24). The maximum Gasteiger partial charge on any atom is 0.254 e. The van der Waals surface area contributed by atoms with Crippen molar-refractivity contribution >= 4 is 34.8 Å². The van der Waals surface area contributed by atoms with Gasteiger partial charge >= 0.3 is 0 Å². The molecule has 0 fully saturated rings. The molecule has 2 aromatic rings. The van der Waals surface area contributed by atoms with Gasteiger partial charge in [0.25, 0.3) is 5.91 Å². The number of halogens is 2. The van der Waals surface area contributed by atoms with E-state index >= 15 is 0 Å². The van der Waals surface area contributed by atoms with Gasteiger partial charge in [0.15, 0.2) is 0 Å². The normalized spacial score (nSPS) is 16.9. The first kappa shape index (κ1) is 17.1. The Kier molecular flexibility index (Phi) is 4.50. The molecule has 2 aromatic carbocycles. The average Bonchev–Trinajstić information content (AvgIpc) is 2.86. The lowest BCUT2D eigenvalue weighted by atomic mass is 10.1. The molecule has 0 aromatic heterocycles. The number of para-hydroxylation sites is 1. The van der Waals surface area contributed by atoms with Gasteiger partial charge in [-0.2, -0.15) is 0 Å². The predicted molar refractivity (Wildman–Crippen MR) is 100 cm³/mol. The van der Waals surface area contributed by atoms with E-state index in [1.54, 1.807) is 18.2 Å². The highest BCUT2D eigenvalue weighted by Gasteiger charge is 2.35. The first-order valence-corrected chi connectivity index (χ1v) is 8.66. The molecule has 1 heterocycles. The summed E-state index contributed by atoms with van der Waals surface area (Å²) in [6.07, 6.45) is 0. The van der Waals surface area contributed by atoms with Gasteiger partial charge in [-0.25, -0.2) is 0 Å². The lowest BCUT2D eigenvalue weighted by molar-refractivity contribution is 0.0939. The van der Waals surface area contributed by atoms with E-state index in [0.717, 1.165) is 17.8 Å². The molecule has 0 radical (unpaired) electrons. The summed E-state index contributed by atoms with van der Waals surface area (Å²) in [6.45, 7) is 7.22. The number of hydrogen-bond acceptors (Lipinski definition) is 2. The number of carbonyl (C=O) groups excluding carboxylic acids is 1. The highest BCUT2D eigenvalue weighted by atomic mass is 35.5. The number of rotatable bonds is 2.